The van der Waals surface area contributed by atoms with Gasteiger partial charge >= 0.3 is 0 Å². The molecule has 4 heteroatoms. The summed E-state index contributed by atoms with van der Waals surface area (Å²) in [6, 6.07) is 12.5. The third kappa shape index (κ3) is 1.54. The van der Waals surface area contributed by atoms with E-state index in [1.165, 1.54) is 6.07 Å². The van der Waals surface area contributed by atoms with Crippen molar-refractivity contribution in [3.63, 3.8) is 0 Å². The molecule has 0 unspecified atom stereocenters. The van der Waals surface area contributed by atoms with Gasteiger partial charge in [0.05, 0.1) is 4.92 Å². The fraction of sp³-hybridized carbons (Fsp3) is 0.0769. The van der Waals surface area contributed by atoms with Crippen molar-refractivity contribution < 1.29 is 9.66 Å². The molecule has 1 aliphatic rings. The predicted octanol–water partition coefficient (Wildman–Crippen LogP) is 3.15. The van der Waals surface area contributed by atoms with Crippen molar-refractivity contribution in [1.82, 2.24) is 0 Å². The van der Waals surface area contributed by atoms with Gasteiger partial charge in [-0.15, -0.1) is 0 Å². The Morgan fingerprint density at radius 3 is 2.76 bits per heavy atom. The Morgan fingerprint density at radius 2 is 1.94 bits per heavy atom. The van der Waals surface area contributed by atoms with Gasteiger partial charge in [-0.25, -0.2) is 0 Å². The van der Waals surface area contributed by atoms with Crippen molar-refractivity contribution >= 4 is 5.69 Å². The topological polar surface area (TPSA) is 52.4 Å². The Bertz CT molecular complexity index is 607. The van der Waals surface area contributed by atoms with Crippen LogP contribution < -0.4 is 4.74 Å². The first-order chi connectivity index (χ1) is 8.25. The van der Waals surface area contributed by atoms with E-state index in [4.69, 9.17) is 4.74 Å². The van der Waals surface area contributed by atoms with Crippen LogP contribution in [0.5, 0.6) is 5.75 Å². The molecular weight excluding hydrogens is 218 g/mol. The van der Waals surface area contributed by atoms with Crippen LogP contribution in [0.15, 0.2) is 42.5 Å². The van der Waals surface area contributed by atoms with E-state index in [9.17, 15) is 10.1 Å². The van der Waals surface area contributed by atoms with Gasteiger partial charge in [0.2, 0.25) is 0 Å². The summed E-state index contributed by atoms with van der Waals surface area (Å²) < 4.78 is 5.56. The van der Waals surface area contributed by atoms with Gasteiger partial charge in [-0.3, -0.25) is 10.1 Å². The highest BCUT2D eigenvalue weighted by Gasteiger charge is 2.19. The smallest absolute Gasteiger partial charge is 0.270 e. The molecule has 0 amide bonds. The molecule has 0 N–H and O–H groups in total. The number of rotatable bonds is 1. The summed E-state index contributed by atoms with van der Waals surface area (Å²) in [7, 11) is 0. The van der Waals surface area contributed by atoms with E-state index in [1.807, 2.05) is 24.3 Å². The normalized spacial score (nSPS) is 12.2. The van der Waals surface area contributed by atoms with Crippen LogP contribution >= 0.6 is 0 Å². The van der Waals surface area contributed by atoms with Gasteiger partial charge in [0.1, 0.15) is 12.4 Å². The van der Waals surface area contributed by atoms with Crippen LogP contribution in [-0.2, 0) is 6.61 Å². The van der Waals surface area contributed by atoms with Gasteiger partial charge in [0, 0.05) is 17.7 Å². The largest absolute Gasteiger partial charge is 0.488 e. The number of benzene rings is 2. The van der Waals surface area contributed by atoms with Crippen molar-refractivity contribution in [3.05, 3.63) is 58.1 Å². The van der Waals surface area contributed by atoms with Crippen molar-refractivity contribution in [2.75, 3.05) is 0 Å². The van der Waals surface area contributed by atoms with Gasteiger partial charge in [-0.2, -0.15) is 0 Å². The highest BCUT2D eigenvalue weighted by Crippen LogP contribution is 2.39. The second kappa shape index (κ2) is 3.59. The minimum absolute atomic E-state index is 0.0871. The summed E-state index contributed by atoms with van der Waals surface area (Å²) in [5, 5.41) is 10.8. The molecule has 0 atom stereocenters. The third-order valence-corrected chi connectivity index (χ3v) is 2.86. The standard InChI is InChI=1S/C13H9NO3/c15-14(16)10-5-6-13-12(7-10)11-4-2-1-3-9(11)8-17-13/h1-7H,8H2. The van der Waals surface area contributed by atoms with Crippen LogP contribution in [0.1, 0.15) is 5.56 Å². The monoisotopic (exact) mass is 227 g/mol. The van der Waals surface area contributed by atoms with Crippen LogP contribution in [-0.4, -0.2) is 4.92 Å². The van der Waals surface area contributed by atoms with E-state index >= 15 is 0 Å². The molecule has 1 heterocycles. The van der Waals surface area contributed by atoms with E-state index in [2.05, 4.69) is 0 Å². The van der Waals surface area contributed by atoms with Crippen molar-refractivity contribution in [2.24, 2.45) is 0 Å². The molecule has 0 aliphatic carbocycles. The molecule has 0 saturated carbocycles. The molecular formula is C13H9NO3. The molecule has 2 aromatic rings. The molecule has 3 rings (SSSR count). The van der Waals surface area contributed by atoms with Crippen LogP contribution in [0.3, 0.4) is 0 Å². The average Bonchev–Trinajstić information content (AvgIpc) is 2.38. The Morgan fingerprint density at radius 1 is 1.12 bits per heavy atom. The van der Waals surface area contributed by atoms with E-state index < -0.39 is 4.92 Å². The average molecular weight is 227 g/mol. The Labute approximate surface area is 97.6 Å². The molecule has 0 aromatic heterocycles. The quantitative estimate of drug-likeness (QED) is 0.555. The van der Waals surface area contributed by atoms with E-state index in [-0.39, 0.29) is 5.69 Å². The SMILES string of the molecule is O=[N+]([O-])c1ccc2c(c1)-c1ccccc1CO2. The maximum atomic E-state index is 10.8. The minimum Gasteiger partial charge on any atom is -0.488 e. The zero-order chi connectivity index (χ0) is 11.8. The molecule has 0 spiro atoms. The number of fused-ring (bicyclic) bond motifs is 3. The molecule has 1 aliphatic heterocycles. The number of hydrogen-bond donors (Lipinski definition) is 0. The summed E-state index contributed by atoms with van der Waals surface area (Å²) in [6.45, 7) is 0.515. The first kappa shape index (κ1) is 9.84. The summed E-state index contributed by atoms with van der Waals surface area (Å²) in [4.78, 5) is 10.4. The lowest BCUT2D eigenvalue weighted by Gasteiger charge is -2.20. The molecule has 4 nitrogen and oxygen atoms in total. The van der Waals surface area contributed by atoms with Gasteiger partial charge < -0.3 is 4.74 Å². The fourth-order valence-corrected chi connectivity index (χ4v) is 2.03. The lowest BCUT2D eigenvalue weighted by molar-refractivity contribution is -0.384. The highest BCUT2D eigenvalue weighted by molar-refractivity contribution is 5.76. The Hall–Kier alpha value is -2.36. The van der Waals surface area contributed by atoms with E-state index in [0.29, 0.717) is 12.4 Å². The van der Waals surface area contributed by atoms with Crippen molar-refractivity contribution in [2.45, 2.75) is 6.61 Å². The van der Waals surface area contributed by atoms with Crippen LogP contribution in [0.25, 0.3) is 11.1 Å². The summed E-state index contributed by atoms with van der Waals surface area (Å²) in [5.74, 6) is 0.703. The van der Waals surface area contributed by atoms with Gasteiger partial charge in [0.15, 0.2) is 0 Å². The van der Waals surface area contributed by atoms with Crippen LogP contribution in [0.4, 0.5) is 5.69 Å². The summed E-state index contributed by atoms with van der Waals surface area (Å²) in [6.07, 6.45) is 0. The lowest BCUT2D eigenvalue weighted by Crippen LogP contribution is -2.05. The first-order valence-corrected chi connectivity index (χ1v) is 5.25. The van der Waals surface area contributed by atoms with Gasteiger partial charge in [0.25, 0.3) is 5.69 Å². The van der Waals surface area contributed by atoms with E-state index in [1.54, 1.807) is 12.1 Å². The van der Waals surface area contributed by atoms with Gasteiger partial charge in [-0.1, -0.05) is 24.3 Å². The first-order valence-electron chi connectivity index (χ1n) is 5.25. The number of nitrogens with zero attached hydrogens (tertiary/aromatic N) is 1. The fourth-order valence-electron chi connectivity index (χ4n) is 2.03. The van der Waals surface area contributed by atoms with Crippen LogP contribution in [0, 0.1) is 10.1 Å². The minimum atomic E-state index is -0.391. The predicted molar refractivity (Wildman–Crippen MR) is 62.9 cm³/mol. The molecule has 2 aromatic carbocycles. The molecule has 0 saturated heterocycles. The Balaban J connectivity index is 2.22. The molecule has 17 heavy (non-hydrogen) atoms. The van der Waals surface area contributed by atoms with Crippen LogP contribution in [0.2, 0.25) is 0 Å². The summed E-state index contributed by atoms with van der Waals surface area (Å²) in [5.41, 5.74) is 2.95. The molecule has 84 valence electrons. The highest BCUT2D eigenvalue weighted by atomic mass is 16.6. The number of nitro benzene ring substituents is 1. The summed E-state index contributed by atoms with van der Waals surface area (Å²) >= 11 is 0. The Kier molecular flexibility index (Phi) is 2.08. The molecule has 0 fully saturated rings. The zero-order valence-corrected chi connectivity index (χ0v) is 8.92. The number of hydrogen-bond acceptors (Lipinski definition) is 3. The molecule has 0 radical (unpaired) electrons. The second-order valence-corrected chi connectivity index (χ2v) is 3.88. The lowest BCUT2D eigenvalue weighted by atomic mass is 9.97. The number of nitro groups is 1. The third-order valence-electron chi connectivity index (χ3n) is 2.86. The maximum absolute atomic E-state index is 10.8. The van der Waals surface area contributed by atoms with Gasteiger partial charge in [-0.05, 0) is 17.2 Å². The second-order valence-electron chi connectivity index (χ2n) is 3.88. The van der Waals surface area contributed by atoms with Crippen molar-refractivity contribution in [3.8, 4) is 16.9 Å². The molecule has 0 bridgehead atoms. The van der Waals surface area contributed by atoms with E-state index in [0.717, 1.165) is 16.7 Å². The number of non-ortho nitro benzene ring substituents is 1. The zero-order valence-electron chi connectivity index (χ0n) is 8.92. The number of ether oxygens (including phenoxy) is 1. The van der Waals surface area contributed by atoms with Crippen molar-refractivity contribution in [1.29, 1.82) is 0 Å². The maximum Gasteiger partial charge on any atom is 0.270 e.